The van der Waals surface area contributed by atoms with Crippen molar-refractivity contribution in [2.24, 2.45) is 5.10 Å². The monoisotopic (exact) mass is 437 g/mol. The molecule has 0 spiro atoms. The smallest absolute Gasteiger partial charge is 0.354 e. The van der Waals surface area contributed by atoms with Crippen LogP contribution in [0.2, 0.25) is 0 Å². The Labute approximate surface area is 187 Å². The number of para-hydroxylation sites is 1. The molecule has 0 aromatic heterocycles. The summed E-state index contributed by atoms with van der Waals surface area (Å²) in [7, 11) is 0. The van der Waals surface area contributed by atoms with E-state index in [4.69, 9.17) is 14.2 Å². The number of hydrogen-bond acceptors (Lipinski definition) is 7. The molecular weight excluding hydrogens is 410 g/mol. The summed E-state index contributed by atoms with van der Waals surface area (Å²) in [4.78, 5) is 25.7. The molecule has 1 amide bonds. The fraction of sp³-hybridized carbons (Fsp3) is 0.375. The number of nitrogens with zero attached hydrogens (tertiary/aromatic N) is 2. The number of carbonyl (C=O) groups is 2. The SMILES string of the molecule is CCOC(=O)C1=NN(c2ccccc2)C(C(=O)Nc2cc3c(cc2OCC)CC(C)O3)C1. The van der Waals surface area contributed by atoms with Crippen LogP contribution in [0.5, 0.6) is 11.5 Å². The summed E-state index contributed by atoms with van der Waals surface area (Å²) in [5.74, 6) is 0.515. The van der Waals surface area contributed by atoms with E-state index in [0.717, 1.165) is 17.7 Å². The zero-order chi connectivity index (χ0) is 22.7. The van der Waals surface area contributed by atoms with Gasteiger partial charge in [0.2, 0.25) is 5.91 Å². The van der Waals surface area contributed by atoms with Crippen LogP contribution in [-0.2, 0) is 20.7 Å². The van der Waals surface area contributed by atoms with E-state index >= 15 is 0 Å². The van der Waals surface area contributed by atoms with Crippen LogP contribution in [0.3, 0.4) is 0 Å². The Morgan fingerprint density at radius 3 is 2.66 bits per heavy atom. The maximum Gasteiger partial charge on any atom is 0.354 e. The molecule has 8 nitrogen and oxygen atoms in total. The lowest BCUT2D eigenvalue weighted by molar-refractivity contribution is -0.135. The van der Waals surface area contributed by atoms with Gasteiger partial charge >= 0.3 is 5.97 Å². The van der Waals surface area contributed by atoms with Crippen molar-refractivity contribution >= 4 is 29.0 Å². The molecule has 1 N–H and O–H groups in total. The van der Waals surface area contributed by atoms with Crippen LogP contribution in [0.25, 0.3) is 0 Å². The van der Waals surface area contributed by atoms with Gasteiger partial charge in [-0.1, -0.05) is 18.2 Å². The number of hydrazone groups is 1. The van der Waals surface area contributed by atoms with Gasteiger partial charge in [-0.15, -0.1) is 0 Å². The third-order valence-electron chi connectivity index (χ3n) is 5.30. The number of benzene rings is 2. The Morgan fingerprint density at radius 1 is 1.16 bits per heavy atom. The lowest BCUT2D eigenvalue weighted by atomic mass is 10.1. The van der Waals surface area contributed by atoms with Crippen molar-refractivity contribution in [2.75, 3.05) is 23.5 Å². The molecule has 0 radical (unpaired) electrons. The summed E-state index contributed by atoms with van der Waals surface area (Å²) in [5.41, 5.74) is 2.51. The van der Waals surface area contributed by atoms with Gasteiger partial charge in [0.15, 0.2) is 0 Å². The maximum atomic E-state index is 13.4. The van der Waals surface area contributed by atoms with Crippen molar-refractivity contribution in [3.63, 3.8) is 0 Å². The average Bonchev–Trinajstić information content (AvgIpc) is 3.38. The summed E-state index contributed by atoms with van der Waals surface area (Å²) in [6.45, 7) is 6.34. The molecule has 0 aliphatic carbocycles. The molecule has 4 rings (SSSR count). The number of carbonyl (C=O) groups excluding carboxylic acids is 2. The van der Waals surface area contributed by atoms with E-state index in [0.29, 0.717) is 23.7 Å². The number of nitrogens with one attached hydrogen (secondary N) is 1. The highest BCUT2D eigenvalue weighted by Crippen LogP contribution is 2.38. The van der Waals surface area contributed by atoms with E-state index in [2.05, 4.69) is 10.4 Å². The zero-order valence-corrected chi connectivity index (χ0v) is 18.5. The van der Waals surface area contributed by atoms with Gasteiger partial charge in [-0.05, 0) is 39.0 Å². The summed E-state index contributed by atoms with van der Waals surface area (Å²) in [6.07, 6.45) is 1.02. The third-order valence-corrected chi connectivity index (χ3v) is 5.30. The van der Waals surface area contributed by atoms with Crippen LogP contribution in [0, 0.1) is 0 Å². The molecule has 0 fully saturated rings. The Hall–Kier alpha value is -3.55. The highest BCUT2D eigenvalue weighted by molar-refractivity contribution is 6.38. The van der Waals surface area contributed by atoms with Gasteiger partial charge in [-0.2, -0.15) is 5.10 Å². The van der Waals surface area contributed by atoms with Gasteiger partial charge in [-0.25, -0.2) is 4.79 Å². The van der Waals surface area contributed by atoms with E-state index in [-0.39, 0.29) is 30.8 Å². The second kappa shape index (κ2) is 9.30. The molecule has 0 saturated carbocycles. The molecule has 2 atom stereocenters. The van der Waals surface area contributed by atoms with Gasteiger partial charge in [0.05, 0.1) is 24.6 Å². The molecule has 2 aromatic rings. The van der Waals surface area contributed by atoms with Gasteiger partial charge in [0, 0.05) is 24.5 Å². The summed E-state index contributed by atoms with van der Waals surface area (Å²) in [6, 6.07) is 12.3. The second-order valence-electron chi connectivity index (χ2n) is 7.68. The lowest BCUT2D eigenvalue weighted by Gasteiger charge is -2.23. The average molecular weight is 437 g/mol. The number of hydrogen-bond donors (Lipinski definition) is 1. The molecular formula is C24H27N3O5. The van der Waals surface area contributed by atoms with Gasteiger partial charge in [-0.3, -0.25) is 9.80 Å². The molecule has 8 heteroatoms. The molecule has 32 heavy (non-hydrogen) atoms. The number of esters is 1. The van der Waals surface area contributed by atoms with Crippen molar-refractivity contribution in [1.82, 2.24) is 0 Å². The maximum absolute atomic E-state index is 13.4. The molecule has 2 heterocycles. The molecule has 168 valence electrons. The highest BCUT2D eigenvalue weighted by Gasteiger charge is 2.37. The molecule has 0 bridgehead atoms. The molecule has 2 aliphatic heterocycles. The van der Waals surface area contributed by atoms with Crippen LogP contribution in [0.15, 0.2) is 47.6 Å². The van der Waals surface area contributed by atoms with Gasteiger partial charge in [0.1, 0.15) is 29.4 Å². The standard InChI is InChI=1S/C24H27N3O5/c1-4-30-22-12-16-11-15(3)32-21(16)14-18(22)25-23(28)20-13-19(24(29)31-5-2)26-27(20)17-9-7-6-8-10-17/h6-10,12,14-15,20H,4-5,11,13H2,1-3H3,(H,25,28). The van der Waals surface area contributed by atoms with Crippen LogP contribution in [0.4, 0.5) is 11.4 Å². The fourth-order valence-corrected chi connectivity index (χ4v) is 3.90. The van der Waals surface area contributed by atoms with E-state index in [1.54, 1.807) is 18.0 Å². The van der Waals surface area contributed by atoms with Crippen LogP contribution >= 0.6 is 0 Å². The molecule has 2 unspecified atom stereocenters. The quantitative estimate of drug-likeness (QED) is 0.667. The fourth-order valence-electron chi connectivity index (χ4n) is 3.90. The third kappa shape index (κ3) is 4.39. The van der Waals surface area contributed by atoms with Gasteiger partial charge in [0.25, 0.3) is 0 Å². The van der Waals surface area contributed by atoms with Crippen LogP contribution in [0.1, 0.15) is 32.8 Å². The minimum Gasteiger partial charge on any atom is -0.492 e. The molecule has 2 aliphatic rings. The number of ether oxygens (including phenoxy) is 3. The Kier molecular flexibility index (Phi) is 6.30. The van der Waals surface area contributed by atoms with E-state index in [1.807, 2.05) is 50.2 Å². The minimum absolute atomic E-state index is 0.0781. The summed E-state index contributed by atoms with van der Waals surface area (Å²) in [5, 5.41) is 8.93. The first-order valence-corrected chi connectivity index (χ1v) is 10.9. The van der Waals surface area contributed by atoms with Crippen molar-refractivity contribution in [3.05, 3.63) is 48.0 Å². The van der Waals surface area contributed by atoms with E-state index in [1.165, 1.54) is 0 Å². The number of fused-ring (bicyclic) bond motifs is 1. The van der Waals surface area contributed by atoms with Crippen LogP contribution < -0.4 is 19.8 Å². The summed E-state index contributed by atoms with van der Waals surface area (Å²) >= 11 is 0. The topological polar surface area (TPSA) is 89.5 Å². The Bertz CT molecular complexity index is 1040. The Balaban J connectivity index is 1.61. The van der Waals surface area contributed by atoms with Crippen LogP contribution in [-0.4, -0.2) is 42.9 Å². The first-order chi connectivity index (χ1) is 15.5. The normalized spacial score (nSPS) is 19.1. The molecule has 2 aromatic carbocycles. The first-order valence-electron chi connectivity index (χ1n) is 10.9. The number of anilines is 2. The zero-order valence-electron chi connectivity index (χ0n) is 18.5. The highest BCUT2D eigenvalue weighted by atomic mass is 16.5. The van der Waals surface area contributed by atoms with Crippen molar-refractivity contribution in [1.29, 1.82) is 0 Å². The van der Waals surface area contributed by atoms with E-state index in [9.17, 15) is 9.59 Å². The summed E-state index contributed by atoms with van der Waals surface area (Å²) < 4.78 is 16.7. The van der Waals surface area contributed by atoms with E-state index < -0.39 is 12.0 Å². The number of rotatable bonds is 7. The van der Waals surface area contributed by atoms with Crippen molar-refractivity contribution < 1.29 is 23.8 Å². The van der Waals surface area contributed by atoms with Crippen molar-refractivity contribution in [2.45, 2.75) is 45.8 Å². The predicted octanol–water partition coefficient (Wildman–Crippen LogP) is 3.55. The number of amides is 1. The molecule has 0 saturated heterocycles. The minimum atomic E-state index is -0.709. The second-order valence-corrected chi connectivity index (χ2v) is 7.68. The predicted molar refractivity (Wildman–Crippen MR) is 121 cm³/mol. The van der Waals surface area contributed by atoms with Crippen molar-refractivity contribution in [3.8, 4) is 11.5 Å². The first kappa shape index (κ1) is 21.7. The Morgan fingerprint density at radius 2 is 1.94 bits per heavy atom. The van der Waals surface area contributed by atoms with Gasteiger partial charge < -0.3 is 19.5 Å². The lowest BCUT2D eigenvalue weighted by Crippen LogP contribution is -2.39. The largest absolute Gasteiger partial charge is 0.492 e.